The molecule has 0 atom stereocenters. The van der Waals surface area contributed by atoms with Crippen LogP contribution in [-0.2, 0) is 4.74 Å². The third-order valence-corrected chi connectivity index (χ3v) is 1.89. The highest BCUT2D eigenvalue weighted by Crippen LogP contribution is 2.23. The van der Waals surface area contributed by atoms with E-state index in [-0.39, 0.29) is 0 Å². The molecule has 0 aliphatic heterocycles. The molecular formula is C11H15ClN2O2. The third-order valence-electron chi connectivity index (χ3n) is 1.65. The molecule has 3 N–H and O–H groups in total. The Morgan fingerprint density at radius 2 is 2.06 bits per heavy atom. The summed E-state index contributed by atoms with van der Waals surface area (Å²) in [6.45, 7) is 5.36. The molecule has 0 aliphatic rings. The number of rotatable bonds is 1. The maximum Gasteiger partial charge on any atom is 0.412 e. The summed E-state index contributed by atoms with van der Waals surface area (Å²) in [4.78, 5) is 11.5. The smallest absolute Gasteiger partial charge is 0.412 e. The molecule has 4 nitrogen and oxygen atoms in total. The van der Waals surface area contributed by atoms with Crippen molar-refractivity contribution in [2.45, 2.75) is 26.4 Å². The van der Waals surface area contributed by atoms with Crippen molar-refractivity contribution in [3.05, 3.63) is 23.2 Å². The van der Waals surface area contributed by atoms with E-state index in [0.717, 1.165) is 0 Å². The van der Waals surface area contributed by atoms with Crippen molar-refractivity contribution in [3.8, 4) is 0 Å². The van der Waals surface area contributed by atoms with Crippen molar-refractivity contribution in [1.29, 1.82) is 0 Å². The normalized spacial score (nSPS) is 11.0. The molecule has 16 heavy (non-hydrogen) atoms. The van der Waals surface area contributed by atoms with Gasteiger partial charge in [0.25, 0.3) is 0 Å². The van der Waals surface area contributed by atoms with E-state index in [9.17, 15) is 4.79 Å². The number of nitrogen functional groups attached to an aromatic ring is 1. The van der Waals surface area contributed by atoms with E-state index in [1.54, 1.807) is 39.0 Å². The first-order valence-electron chi connectivity index (χ1n) is 4.83. The van der Waals surface area contributed by atoms with Crippen LogP contribution in [-0.4, -0.2) is 11.7 Å². The van der Waals surface area contributed by atoms with E-state index in [4.69, 9.17) is 22.1 Å². The van der Waals surface area contributed by atoms with E-state index < -0.39 is 11.7 Å². The summed E-state index contributed by atoms with van der Waals surface area (Å²) in [6, 6.07) is 4.84. The fourth-order valence-electron chi connectivity index (χ4n) is 1.05. The number of amides is 1. The Kier molecular flexibility index (Phi) is 3.65. The summed E-state index contributed by atoms with van der Waals surface area (Å²) >= 11 is 5.79. The number of carbonyl (C=O) groups is 1. The number of halogens is 1. The van der Waals surface area contributed by atoms with E-state index >= 15 is 0 Å². The lowest BCUT2D eigenvalue weighted by atomic mass is 10.2. The van der Waals surface area contributed by atoms with Crippen LogP contribution in [0.4, 0.5) is 16.2 Å². The number of nitrogens with two attached hydrogens (primary N) is 1. The topological polar surface area (TPSA) is 64.3 Å². The van der Waals surface area contributed by atoms with Crippen molar-refractivity contribution < 1.29 is 9.53 Å². The fourth-order valence-corrected chi connectivity index (χ4v) is 1.22. The van der Waals surface area contributed by atoms with Crippen LogP contribution >= 0.6 is 11.6 Å². The molecule has 0 bridgehead atoms. The van der Waals surface area contributed by atoms with Gasteiger partial charge in [0.05, 0.1) is 11.4 Å². The molecule has 1 rings (SSSR count). The predicted molar refractivity (Wildman–Crippen MR) is 65.7 cm³/mol. The Labute approximate surface area is 99.7 Å². The first-order chi connectivity index (χ1) is 7.28. The largest absolute Gasteiger partial charge is 0.444 e. The first kappa shape index (κ1) is 12.6. The number of benzene rings is 1. The van der Waals surface area contributed by atoms with Crippen LogP contribution in [0, 0.1) is 0 Å². The van der Waals surface area contributed by atoms with Gasteiger partial charge in [0, 0.05) is 5.02 Å². The Hall–Kier alpha value is -1.42. The molecule has 0 aliphatic carbocycles. The van der Waals surface area contributed by atoms with Gasteiger partial charge in [-0.25, -0.2) is 4.79 Å². The summed E-state index contributed by atoms with van der Waals surface area (Å²) < 4.78 is 5.09. The molecule has 0 aromatic heterocycles. The van der Waals surface area contributed by atoms with E-state index in [1.807, 2.05) is 0 Å². The standard InChI is InChI=1S/C11H15ClN2O2/c1-11(2,3)16-10(15)14-9-6-7(12)4-5-8(9)13/h4-6H,13H2,1-3H3,(H,14,15). The monoisotopic (exact) mass is 242 g/mol. The molecule has 88 valence electrons. The van der Waals surface area contributed by atoms with Crippen LogP contribution in [0.1, 0.15) is 20.8 Å². The summed E-state index contributed by atoms with van der Waals surface area (Å²) in [7, 11) is 0. The zero-order valence-electron chi connectivity index (χ0n) is 9.50. The van der Waals surface area contributed by atoms with Crippen molar-refractivity contribution in [2.75, 3.05) is 11.1 Å². The number of nitrogens with one attached hydrogen (secondary N) is 1. The molecule has 0 spiro atoms. The van der Waals surface area contributed by atoms with Crippen molar-refractivity contribution >= 4 is 29.1 Å². The molecule has 0 saturated heterocycles. The molecule has 0 radical (unpaired) electrons. The van der Waals surface area contributed by atoms with E-state index in [1.165, 1.54) is 0 Å². The van der Waals surface area contributed by atoms with Gasteiger partial charge in [0.2, 0.25) is 0 Å². The second-order valence-corrected chi connectivity index (χ2v) is 4.79. The van der Waals surface area contributed by atoms with Gasteiger partial charge in [-0.3, -0.25) is 5.32 Å². The van der Waals surface area contributed by atoms with Crippen LogP contribution in [0.15, 0.2) is 18.2 Å². The second kappa shape index (κ2) is 4.61. The zero-order chi connectivity index (χ0) is 12.3. The highest BCUT2D eigenvalue weighted by Gasteiger charge is 2.16. The molecule has 0 unspecified atom stereocenters. The van der Waals surface area contributed by atoms with E-state index in [2.05, 4.69) is 5.32 Å². The minimum Gasteiger partial charge on any atom is -0.444 e. The molecule has 5 heteroatoms. The van der Waals surface area contributed by atoms with Crippen molar-refractivity contribution in [2.24, 2.45) is 0 Å². The van der Waals surface area contributed by atoms with E-state index in [0.29, 0.717) is 16.4 Å². The molecule has 1 amide bonds. The second-order valence-electron chi connectivity index (χ2n) is 4.36. The highest BCUT2D eigenvalue weighted by atomic mass is 35.5. The number of anilines is 2. The summed E-state index contributed by atoms with van der Waals surface area (Å²) in [5, 5.41) is 3.04. The lowest BCUT2D eigenvalue weighted by Gasteiger charge is -2.20. The van der Waals surface area contributed by atoms with Gasteiger partial charge in [-0.15, -0.1) is 0 Å². The van der Waals surface area contributed by atoms with Crippen LogP contribution in [0.2, 0.25) is 5.02 Å². The Balaban J connectivity index is 2.73. The Bertz CT molecular complexity index is 399. The number of carbonyl (C=O) groups excluding carboxylic acids is 1. The molecule has 0 fully saturated rings. The minimum absolute atomic E-state index is 0.440. The van der Waals surface area contributed by atoms with Crippen LogP contribution in [0.5, 0.6) is 0 Å². The zero-order valence-corrected chi connectivity index (χ0v) is 10.3. The molecule has 1 aromatic carbocycles. The van der Waals surface area contributed by atoms with Crippen molar-refractivity contribution in [1.82, 2.24) is 0 Å². The van der Waals surface area contributed by atoms with Gasteiger partial charge in [-0.05, 0) is 39.0 Å². The number of hydrogen-bond donors (Lipinski definition) is 2. The van der Waals surface area contributed by atoms with Gasteiger partial charge >= 0.3 is 6.09 Å². The third kappa shape index (κ3) is 3.98. The quantitative estimate of drug-likeness (QED) is 0.743. The summed E-state index contributed by atoms with van der Waals surface area (Å²) in [5.41, 5.74) is 6.01. The van der Waals surface area contributed by atoms with Gasteiger partial charge in [-0.2, -0.15) is 0 Å². The fraction of sp³-hybridized carbons (Fsp3) is 0.364. The van der Waals surface area contributed by atoms with Gasteiger partial charge in [0.1, 0.15) is 5.60 Å². The molecule has 1 aromatic rings. The van der Waals surface area contributed by atoms with Crippen LogP contribution in [0.3, 0.4) is 0 Å². The predicted octanol–water partition coefficient (Wildman–Crippen LogP) is 3.27. The molecule has 0 heterocycles. The lowest BCUT2D eigenvalue weighted by Crippen LogP contribution is -2.27. The van der Waals surface area contributed by atoms with Gasteiger partial charge < -0.3 is 10.5 Å². The first-order valence-corrected chi connectivity index (χ1v) is 5.21. The summed E-state index contributed by atoms with van der Waals surface area (Å²) in [6.07, 6.45) is -0.554. The van der Waals surface area contributed by atoms with Crippen molar-refractivity contribution in [3.63, 3.8) is 0 Å². The molecule has 0 saturated carbocycles. The SMILES string of the molecule is CC(C)(C)OC(=O)Nc1cc(Cl)ccc1N. The highest BCUT2D eigenvalue weighted by molar-refractivity contribution is 6.31. The van der Waals surface area contributed by atoms with Crippen LogP contribution < -0.4 is 11.1 Å². The Morgan fingerprint density at radius 3 is 2.62 bits per heavy atom. The number of hydrogen-bond acceptors (Lipinski definition) is 3. The lowest BCUT2D eigenvalue weighted by molar-refractivity contribution is 0.0636. The maximum atomic E-state index is 11.5. The van der Waals surface area contributed by atoms with Gasteiger partial charge in [-0.1, -0.05) is 11.6 Å². The van der Waals surface area contributed by atoms with Gasteiger partial charge in [0.15, 0.2) is 0 Å². The van der Waals surface area contributed by atoms with Crippen LogP contribution in [0.25, 0.3) is 0 Å². The maximum absolute atomic E-state index is 11.5. The average Bonchev–Trinajstić information content (AvgIpc) is 2.08. The number of ether oxygens (including phenoxy) is 1. The summed E-state index contributed by atoms with van der Waals surface area (Å²) in [5.74, 6) is 0. The average molecular weight is 243 g/mol. The Morgan fingerprint density at radius 1 is 1.44 bits per heavy atom. The molecular weight excluding hydrogens is 228 g/mol. The minimum atomic E-state index is -0.554.